The van der Waals surface area contributed by atoms with E-state index in [0.717, 1.165) is 4.88 Å². The molecule has 1 N–H and O–H groups in total. The second kappa shape index (κ2) is 5.15. The lowest BCUT2D eigenvalue weighted by Crippen LogP contribution is -2.36. The van der Waals surface area contributed by atoms with Crippen molar-refractivity contribution in [2.75, 3.05) is 0 Å². The molecule has 0 bridgehead atoms. The monoisotopic (exact) mass is 211 g/mol. The van der Waals surface area contributed by atoms with Crippen molar-refractivity contribution in [3.05, 3.63) is 22.4 Å². The molecule has 0 aliphatic rings. The van der Waals surface area contributed by atoms with E-state index in [-0.39, 0.29) is 11.9 Å². The van der Waals surface area contributed by atoms with Crippen LogP contribution >= 0.6 is 11.3 Å². The normalized spacial score (nSPS) is 12.9. The van der Waals surface area contributed by atoms with Crippen molar-refractivity contribution in [3.8, 4) is 0 Å². The van der Waals surface area contributed by atoms with Gasteiger partial charge in [-0.15, -0.1) is 11.3 Å². The Labute approximate surface area is 89.3 Å². The summed E-state index contributed by atoms with van der Waals surface area (Å²) in [6, 6.07) is 4.21. The van der Waals surface area contributed by atoms with Gasteiger partial charge in [-0.3, -0.25) is 4.79 Å². The van der Waals surface area contributed by atoms with Crippen molar-refractivity contribution in [2.45, 2.75) is 33.2 Å². The van der Waals surface area contributed by atoms with E-state index in [2.05, 4.69) is 19.2 Å². The number of hydrogen-bond donors (Lipinski definition) is 1. The first-order chi connectivity index (χ1) is 6.59. The van der Waals surface area contributed by atoms with Crippen LogP contribution in [0.15, 0.2) is 17.5 Å². The molecule has 3 heteroatoms. The zero-order chi connectivity index (χ0) is 10.6. The highest BCUT2D eigenvalue weighted by molar-refractivity contribution is 7.10. The van der Waals surface area contributed by atoms with Gasteiger partial charge in [-0.2, -0.15) is 0 Å². The lowest BCUT2D eigenvalue weighted by atomic mass is 10.1. The van der Waals surface area contributed by atoms with Gasteiger partial charge in [-0.1, -0.05) is 19.9 Å². The van der Waals surface area contributed by atoms with E-state index in [1.54, 1.807) is 11.3 Å². The van der Waals surface area contributed by atoms with Crippen LogP contribution in [-0.4, -0.2) is 11.9 Å². The summed E-state index contributed by atoms with van der Waals surface area (Å²) >= 11 is 1.63. The molecule has 0 aromatic carbocycles. The van der Waals surface area contributed by atoms with Crippen LogP contribution in [-0.2, 0) is 11.2 Å². The van der Waals surface area contributed by atoms with E-state index in [1.807, 2.05) is 24.4 Å². The molecule has 78 valence electrons. The second-order valence-electron chi connectivity index (χ2n) is 3.86. The summed E-state index contributed by atoms with van der Waals surface area (Å²) in [5, 5.41) is 4.98. The fourth-order valence-corrected chi connectivity index (χ4v) is 1.75. The van der Waals surface area contributed by atoms with Gasteiger partial charge in [0.05, 0.1) is 6.42 Å². The lowest BCUT2D eigenvalue weighted by molar-refractivity contribution is -0.121. The molecule has 0 fully saturated rings. The van der Waals surface area contributed by atoms with Crippen molar-refractivity contribution in [1.82, 2.24) is 5.32 Å². The molecule has 0 radical (unpaired) electrons. The van der Waals surface area contributed by atoms with Gasteiger partial charge in [0.1, 0.15) is 0 Å². The minimum Gasteiger partial charge on any atom is -0.353 e. The molecule has 2 nitrogen and oxygen atoms in total. The molecule has 1 amide bonds. The van der Waals surface area contributed by atoms with Gasteiger partial charge in [0.15, 0.2) is 0 Å². The number of carbonyl (C=O) groups is 1. The minimum atomic E-state index is 0.119. The molecule has 0 aliphatic heterocycles. The van der Waals surface area contributed by atoms with Gasteiger partial charge >= 0.3 is 0 Å². The number of carbonyl (C=O) groups excluding carboxylic acids is 1. The first-order valence-electron chi connectivity index (χ1n) is 4.91. The first-order valence-corrected chi connectivity index (χ1v) is 5.79. The predicted molar refractivity (Wildman–Crippen MR) is 60.5 cm³/mol. The number of amides is 1. The highest BCUT2D eigenvalue weighted by Gasteiger charge is 2.11. The molecular weight excluding hydrogens is 194 g/mol. The van der Waals surface area contributed by atoms with Crippen LogP contribution in [0.1, 0.15) is 25.6 Å². The summed E-state index contributed by atoms with van der Waals surface area (Å²) in [5.41, 5.74) is 0. The van der Waals surface area contributed by atoms with Gasteiger partial charge < -0.3 is 5.32 Å². The summed E-state index contributed by atoms with van der Waals surface area (Å²) in [6.07, 6.45) is 0.509. The zero-order valence-corrected chi connectivity index (χ0v) is 9.73. The average molecular weight is 211 g/mol. The highest BCUT2D eigenvalue weighted by atomic mass is 32.1. The fourth-order valence-electron chi connectivity index (χ4n) is 1.04. The van der Waals surface area contributed by atoms with Crippen molar-refractivity contribution >= 4 is 17.2 Å². The van der Waals surface area contributed by atoms with Crippen LogP contribution in [0.2, 0.25) is 0 Å². The fraction of sp³-hybridized carbons (Fsp3) is 0.545. The van der Waals surface area contributed by atoms with Gasteiger partial charge in [0.2, 0.25) is 5.91 Å². The Morgan fingerprint density at radius 3 is 2.71 bits per heavy atom. The van der Waals surface area contributed by atoms with Crippen molar-refractivity contribution in [3.63, 3.8) is 0 Å². The Morgan fingerprint density at radius 2 is 2.21 bits per heavy atom. The minimum absolute atomic E-state index is 0.119. The van der Waals surface area contributed by atoms with E-state index < -0.39 is 0 Å². The van der Waals surface area contributed by atoms with Crippen molar-refractivity contribution in [1.29, 1.82) is 0 Å². The summed E-state index contributed by atoms with van der Waals surface area (Å²) in [7, 11) is 0. The smallest absolute Gasteiger partial charge is 0.225 e. The quantitative estimate of drug-likeness (QED) is 0.814. The molecule has 1 atom stereocenters. The largest absolute Gasteiger partial charge is 0.353 e. The molecule has 0 aliphatic carbocycles. The standard InChI is InChI=1S/C11H17NOS/c1-8(2)9(3)12-11(13)7-10-5-4-6-14-10/h4-6,8-9H,7H2,1-3H3,(H,12,13)/t9-/m0/s1. The first kappa shape index (κ1) is 11.2. The maximum Gasteiger partial charge on any atom is 0.225 e. The van der Waals surface area contributed by atoms with E-state index >= 15 is 0 Å². The van der Waals surface area contributed by atoms with Gasteiger partial charge in [-0.05, 0) is 24.3 Å². The van der Waals surface area contributed by atoms with E-state index in [0.29, 0.717) is 12.3 Å². The van der Waals surface area contributed by atoms with Crippen molar-refractivity contribution < 1.29 is 4.79 Å². The van der Waals surface area contributed by atoms with Crippen LogP contribution in [0.5, 0.6) is 0 Å². The summed E-state index contributed by atoms with van der Waals surface area (Å²) < 4.78 is 0. The lowest BCUT2D eigenvalue weighted by Gasteiger charge is -2.16. The van der Waals surface area contributed by atoms with E-state index in [4.69, 9.17) is 0 Å². The van der Waals surface area contributed by atoms with Crippen molar-refractivity contribution in [2.24, 2.45) is 5.92 Å². The third-order valence-electron chi connectivity index (χ3n) is 2.30. The molecule has 1 aromatic heterocycles. The van der Waals surface area contributed by atoms with Crippen LogP contribution in [0.25, 0.3) is 0 Å². The third kappa shape index (κ3) is 3.50. The van der Waals surface area contributed by atoms with Crippen LogP contribution in [0.4, 0.5) is 0 Å². The SMILES string of the molecule is CC(C)[C@H](C)NC(=O)Cc1cccs1. The Kier molecular flexibility index (Phi) is 4.14. The topological polar surface area (TPSA) is 29.1 Å². The highest BCUT2D eigenvalue weighted by Crippen LogP contribution is 2.09. The Morgan fingerprint density at radius 1 is 1.50 bits per heavy atom. The number of nitrogens with one attached hydrogen (secondary N) is 1. The third-order valence-corrected chi connectivity index (χ3v) is 3.18. The second-order valence-corrected chi connectivity index (χ2v) is 4.89. The van der Waals surface area contributed by atoms with Gasteiger partial charge in [0, 0.05) is 10.9 Å². The maximum atomic E-state index is 11.5. The molecule has 0 saturated heterocycles. The van der Waals surface area contributed by atoms with Crippen LogP contribution in [0.3, 0.4) is 0 Å². The molecule has 0 spiro atoms. The summed E-state index contributed by atoms with van der Waals surface area (Å²) in [5.74, 6) is 0.607. The molecule has 1 heterocycles. The van der Waals surface area contributed by atoms with Crippen LogP contribution in [0, 0.1) is 5.92 Å². The molecule has 14 heavy (non-hydrogen) atoms. The number of rotatable bonds is 4. The predicted octanol–water partition coefficient (Wildman–Crippen LogP) is 2.45. The van der Waals surface area contributed by atoms with E-state index in [1.165, 1.54) is 0 Å². The van der Waals surface area contributed by atoms with Crippen LogP contribution < -0.4 is 5.32 Å². The number of hydrogen-bond acceptors (Lipinski definition) is 2. The van der Waals surface area contributed by atoms with Gasteiger partial charge in [-0.25, -0.2) is 0 Å². The Hall–Kier alpha value is -0.830. The Bertz CT molecular complexity index is 279. The molecule has 0 unspecified atom stereocenters. The van der Waals surface area contributed by atoms with E-state index in [9.17, 15) is 4.79 Å². The molecule has 0 saturated carbocycles. The average Bonchev–Trinajstić information content (AvgIpc) is 2.56. The maximum absolute atomic E-state index is 11.5. The molecular formula is C11H17NOS. The van der Waals surface area contributed by atoms with Gasteiger partial charge in [0.25, 0.3) is 0 Å². The molecule has 1 aromatic rings. The molecule has 1 rings (SSSR count). The zero-order valence-electron chi connectivity index (χ0n) is 8.91. The summed E-state index contributed by atoms with van der Waals surface area (Å²) in [4.78, 5) is 12.6. The Balaban J connectivity index is 2.36. The number of thiophene rings is 1. The summed E-state index contributed by atoms with van der Waals surface area (Å²) in [6.45, 7) is 6.25.